The molecule has 1 N–H and O–H groups in total. The lowest BCUT2D eigenvalue weighted by Gasteiger charge is -2.34. The standard InChI is InChI=1S/C14H20N2/c1-12-8-9-16(11-14(12)15-2)10-13-6-4-3-5-7-13/h3-7,14-15H,1,8-11H2,2H3. The Kier molecular flexibility index (Phi) is 3.75. The third-order valence-electron chi connectivity index (χ3n) is 3.28. The first-order chi connectivity index (χ1) is 7.79. The molecular formula is C14H20N2. The normalized spacial score (nSPS) is 22.3. The smallest absolute Gasteiger partial charge is 0.0404 e. The fraction of sp³-hybridized carbons (Fsp3) is 0.429. The van der Waals surface area contributed by atoms with Gasteiger partial charge in [0.2, 0.25) is 0 Å². The van der Waals surface area contributed by atoms with Crippen LogP contribution in [0.3, 0.4) is 0 Å². The number of hydrogen-bond donors (Lipinski definition) is 1. The Balaban J connectivity index is 1.94. The second kappa shape index (κ2) is 5.28. The van der Waals surface area contributed by atoms with Crippen molar-refractivity contribution in [3.05, 3.63) is 48.0 Å². The number of rotatable bonds is 3. The van der Waals surface area contributed by atoms with Crippen LogP contribution in [0.5, 0.6) is 0 Å². The third kappa shape index (κ3) is 2.71. The van der Waals surface area contributed by atoms with Crippen LogP contribution in [0, 0.1) is 0 Å². The maximum atomic E-state index is 4.12. The highest BCUT2D eigenvalue weighted by atomic mass is 15.2. The zero-order chi connectivity index (χ0) is 11.4. The highest BCUT2D eigenvalue weighted by molar-refractivity contribution is 5.16. The van der Waals surface area contributed by atoms with Gasteiger partial charge in [-0.25, -0.2) is 0 Å². The molecule has 1 fully saturated rings. The zero-order valence-corrected chi connectivity index (χ0v) is 9.95. The molecule has 1 aromatic rings. The summed E-state index contributed by atoms with van der Waals surface area (Å²) in [6.45, 7) is 7.37. The molecule has 0 saturated carbocycles. The molecule has 2 nitrogen and oxygen atoms in total. The van der Waals surface area contributed by atoms with Gasteiger partial charge in [-0.3, -0.25) is 4.90 Å². The van der Waals surface area contributed by atoms with E-state index in [2.05, 4.69) is 47.1 Å². The SMILES string of the molecule is C=C1CCN(Cc2ccccc2)CC1NC. The fourth-order valence-corrected chi connectivity index (χ4v) is 2.24. The number of likely N-dealkylation sites (tertiary alicyclic amines) is 1. The summed E-state index contributed by atoms with van der Waals surface area (Å²) in [5.74, 6) is 0. The lowest BCUT2D eigenvalue weighted by atomic mass is 10.00. The molecule has 1 aliphatic heterocycles. The van der Waals surface area contributed by atoms with Crippen LogP contribution in [0.4, 0.5) is 0 Å². The van der Waals surface area contributed by atoms with Gasteiger partial charge in [0, 0.05) is 25.7 Å². The summed E-state index contributed by atoms with van der Waals surface area (Å²) in [5.41, 5.74) is 2.73. The molecule has 1 saturated heterocycles. The van der Waals surface area contributed by atoms with Gasteiger partial charge in [-0.1, -0.05) is 42.5 Å². The van der Waals surface area contributed by atoms with Crippen LogP contribution in [0.25, 0.3) is 0 Å². The van der Waals surface area contributed by atoms with E-state index in [4.69, 9.17) is 0 Å². The molecule has 1 heterocycles. The summed E-state index contributed by atoms with van der Waals surface area (Å²) in [5, 5.41) is 3.33. The molecule has 0 spiro atoms. The number of hydrogen-bond acceptors (Lipinski definition) is 2. The topological polar surface area (TPSA) is 15.3 Å². The molecule has 0 bridgehead atoms. The first-order valence-electron chi connectivity index (χ1n) is 5.91. The molecule has 0 amide bonds. The molecule has 1 atom stereocenters. The second-order valence-electron chi connectivity index (χ2n) is 4.47. The van der Waals surface area contributed by atoms with E-state index in [0.29, 0.717) is 6.04 Å². The monoisotopic (exact) mass is 216 g/mol. The van der Waals surface area contributed by atoms with Crippen LogP contribution in [0.2, 0.25) is 0 Å². The van der Waals surface area contributed by atoms with Crippen LogP contribution >= 0.6 is 0 Å². The summed E-state index contributed by atoms with van der Waals surface area (Å²) in [6.07, 6.45) is 1.11. The quantitative estimate of drug-likeness (QED) is 0.778. The van der Waals surface area contributed by atoms with Crippen molar-refractivity contribution in [2.24, 2.45) is 0 Å². The molecule has 16 heavy (non-hydrogen) atoms. The van der Waals surface area contributed by atoms with Crippen molar-refractivity contribution in [2.75, 3.05) is 20.1 Å². The van der Waals surface area contributed by atoms with E-state index in [1.54, 1.807) is 0 Å². The molecule has 86 valence electrons. The van der Waals surface area contributed by atoms with Gasteiger partial charge in [0.1, 0.15) is 0 Å². The van der Waals surface area contributed by atoms with Gasteiger partial charge in [0.15, 0.2) is 0 Å². The number of benzene rings is 1. The summed E-state index contributed by atoms with van der Waals surface area (Å²) in [6, 6.07) is 11.1. The van der Waals surface area contributed by atoms with Gasteiger partial charge in [0.05, 0.1) is 0 Å². The van der Waals surface area contributed by atoms with Gasteiger partial charge in [-0.15, -0.1) is 0 Å². The van der Waals surface area contributed by atoms with E-state index < -0.39 is 0 Å². The van der Waals surface area contributed by atoms with Gasteiger partial charge >= 0.3 is 0 Å². The van der Waals surface area contributed by atoms with E-state index in [-0.39, 0.29) is 0 Å². The Hall–Kier alpha value is -1.12. The molecule has 2 rings (SSSR count). The maximum Gasteiger partial charge on any atom is 0.0404 e. The minimum atomic E-state index is 0.456. The number of piperidine rings is 1. The van der Waals surface area contributed by atoms with Gasteiger partial charge in [0.25, 0.3) is 0 Å². The van der Waals surface area contributed by atoms with Crippen molar-refractivity contribution in [3.8, 4) is 0 Å². The van der Waals surface area contributed by atoms with Crippen LogP contribution < -0.4 is 5.32 Å². The van der Waals surface area contributed by atoms with E-state index in [0.717, 1.165) is 26.1 Å². The maximum absolute atomic E-state index is 4.12. The van der Waals surface area contributed by atoms with Crippen molar-refractivity contribution in [3.63, 3.8) is 0 Å². The summed E-state index contributed by atoms with van der Waals surface area (Å²) in [4.78, 5) is 2.49. The summed E-state index contributed by atoms with van der Waals surface area (Å²) < 4.78 is 0. The number of likely N-dealkylation sites (N-methyl/N-ethyl adjacent to an activating group) is 1. The molecule has 1 unspecified atom stereocenters. The van der Waals surface area contributed by atoms with E-state index in [1.165, 1.54) is 11.1 Å². The molecule has 1 aromatic carbocycles. The highest BCUT2D eigenvalue weighted by Crippen LogP contribution is 2.16. The van der Waals surface area contributed by atoms with Crippen molar-refractivity contribution in [1.29, 1.82) is 0 Å². The first-order valence-corrected chi connectivity index (χ1v) is 5.91. The van der Waals surface area contributed by atoms with Crippen LogP contribution in [-0.2, 0) is 6.54 Å². The van der Waals surface area contributed by atoms with Crippen LogP contribution in [0.15, 0.2) is 42.5 Å². The van der Waals surface area contributed by atoms with Gasteiger partial charge in [-0.05, 0) is 19.0 Å². The van der Waals surface area contributed by atoms with Gasteiger partial charge in [-0.2, -0.15) is 0 Å². The highest BCUT2D eigenvalue weighted by Gasteiger charge is 2.21. The van der Waals surface area contributed by atoms with Crippen molar-refractivity contribution >= 4 is 0 Å². The second-order valence-corrected chi connectivity index (χ2v) is 4.47. The average Bonchev–Trinajstić information content (AvgIpc) is 2.33. The minimum absolute atomic E-state index is 0.456. The van der Waals surface area contributed by atoms with Crippen LogP contribution in [0.1, 0.15) is 12.0 Å². The van der Waals surface area contributed by atoms with Gasteiger partial charge < -0.3 is 5.32 Å². The van der Waals surface area contributed by atoms with Crippen molar-refractivity contribution < 1.29 is 0 Å². The Bertz CT molecular complexity index is 345. The molecule has 0 aliphatic carbocycles. The summed E-state index contributed by atoms with van der Waals surface area (Å²) >= 11 is 0. The number of nitrogens with one attached hydrogen (secondary N) is 1. The molecule has 0 aromatic heterocycles. The Labute approximate surface area is 98.0 Å². The first kappa shape index (κ1) is 11.4. The predicted octanol–water partition coefficient (Wildman–Crippen LogP) is 2.04. The molecule has 0 radical (unpaired) electrons. The Morgan fingerprint density at radius 2 is 2.12 bits per heavy atom. The fourth-order valence-electron chi connectivity index (χ4n) is 2.24. The average molecular weight is 216 g/mol. The van der Waals surface area contributed by atoms with E-state index in [1.807, 2.05) is 7.05 Å². The lowest BCUT2D eigenvalue weighted by Crippen LogP contribution is -2.45. The lowest BCUT2D eigenvalue weighted by molar-refractivity contribution is 0.222. The summed E-state index contributed by atoms with van der Waals surface area (Å²) in [7, 11) is 2.02. The minimum Gasteiger partial charge on any atom is -0.312 e. The predicted molar refractivity (Wildman–Crippen MR) is 68.3 cm³/mol. The van der Waals surface area contributed by atoms with Crippen molar-refractivity contribution in [2.45, 2.75) is 19.0 Å². The Morgan fingerprint density at radius 3 is 2.81 bits per heavy atom. The molecule has 1 aliphatic rings. The van der Waals surface area contributed by atoms with E-state index >= 15 is 0 Å². The zero-order valence-electron chi connectivity index (χ0n) is 9.95. The molecular weight excluding hydrogens is 196 g/mol. The Morgan fingerprint density at radius 1 is 1.38 bits per heavy atom. The van der Waals surface area contributed by atoms with Crippen molar-refractivity contribution in [1.82, 2.24) is 10.2 Å². The third-order valence-corrected chi connectivity index (χ3v) is 3.28. The largest absolute Gasteiger partial charge is 0.312 e. The van der Waals surface area contributed by atoms with E-state index in [9.17, 15) is 0 Å². The number of nitrogens with zero attached hydrogens (tertiary/aromatic N) is 1. The van der Waals surface area contributed by atoms with Crippen LogP contribution in [-0.4, -0.2) is 31.1 Å². The molecule has 2 heteroatoms.